The topological polar surface area (TPSA) is 24.5 Å². The molecular weight excluding hydrogens is 260 g/mol. The summed E-state index contributed by atoms with van der Waals surface area (Å²) in [5.41, 5.74) is 1.71. The molecule has 0 bridgehead atoms. The zero-order chi connectivity index (χ0) is 15.3. The van der Waals surface area contributed by atoms with Crippen molar-refractivity contribution in [3.63, 3.8) is 0 Å². The number of nitrogens with one attached hydrogen (secondary N) is 1. The van der Waals surface area contributed by atoms with Crippen molar-refractivity contribution in [1.29, 1.82) is 0 Å². The Morgan fingerprint density at radius 1 is 1.29 bits per heavy atom. The van der Waals surface area contributed by atoms with E-state index in [1.54, 1.807) is 0 Å². The quantitative estimate of drug-likeness (QED) is 0.834. The van der Waals surface area contributed by atoms with Gasteiger partial charge >= 0.3 is 0 Å². The maximum atomic E-state index is 6.02. The van der Waals surface area contributed by atoms with Crippen LogP contribution in [0.5, 0.6) is 5.75 Å². The number of para-hydroxylation sites is 1. The van der Waals surface area contributed by atoms with Crippen LogP contribution in [-0.4, -0.2) is 37.2 Å². The van der Waals surface area contributed by atoms with E-state index >= 15 is 0 Å². The maximum Gasteiger partial charge on any atom is 0.123 e. The van der Waals surface area contributed by atoms with Crippen molar-refractivity contribution in [2.75, 3.05) is 26.2 Å². The molecular formula is C18H30N2O. The first kappa shape index (κ1) is 16.3. The molecule has 1 fully saturated rings. The lowest BCUT2D eigenvalue weighted by Gasteiger charge is -2.20. The summed E-state index contributed by atoms with van der Waals surface area (Å²) in [5, 5.41) is 3.45. The third-order valence-corrected chi connectivity index (χ3v) is 4.09. The standard InChI is InChI=1S/C18H30N2O/c1-15(2)19-13-16-7-5-6-8-17(16)21-12-11-20-10-9-18(3,4)14-20/h5-8,15,19H,9-14H2,1-4H3. The number of rotatable bonds is 7. The van der Waals surface area contributed by atoms with Crippen LogP contribution in [-0.2, 0) is 6.54 Å². The zero-order valence-electron chi connectivity index (χ0n) is 14.0. The highest BCUT2D eigenvalue weighted by Gasteiger charge is 2.28. The Morgan fingerprint density at radius 3 is 2.71 bits per heavy atom. The van der Waals surface area contributed by atoms with E-state index in [4.69, 9.17) is 4.74 Å². The minimum absolute atomic E-state index is 0.471. The van der Waals surface area contributed by atoms with Gasteiger partial charge in [-0.25, -0.2) is 0 Å². The Labute approximate surface area is 129 Å². The average molecular weight is 290 g/mol. The predicted octanol–water partition coefficient (Wildman–Crippen LogP) is 3.30. The second-order valence-corrected chi connectivity index (χ2v) is 7.18. The lowest BCUT2D eigenvalue weighted by Crippen LogP contribution is -2.28. The van der Waals surface area contributed by atoms with Crippen LogP contribution >= 0.6 is 0 Å². The molecule has 1 aliphatic heterocycles. The van der Waals surface area contributed by atoms with Crippen molar-refractivity contribution in [3.05, 3.63) is 29.8 Å². The molecule has 1 N–H and O–H groups in total. The third kappa shape index (κ3) is 5.33. The first-order chi connectivity index (χ1) is 9.96. The SMILES string of the molecule is CC(C)NCc1ccccc1OCCN1CCC(C)(C)C1. The molecule has 118 valence electrons. The van der Waals surface area contributed by atoms with Gasteiger partial charge in [0.05, 0.1) is 0 Å². The van der Waals surface area contributed by atoms with Gasteiger partial charge in [0.25, 0.3) is 0 Å². The van der Waals surface area contributed by atoms with Gasteiger partial charge in [0, 0.05) is 31.2 Å². The average Bonchev–Trinajstić information content (AvgIpc) is 2.77. The largest absolute Gasteiger partial charge is 0.492 e. The molecule has 1 aliphatic rings. The van der Waals surface area contributed by atoms with Crippen molar-refractivity contribution < 1.29 is 4.74 Å². The van der Waals surface area contributed by atoms with E-state index in [0.29, 0.717) is 11.5 Å². The molecule has 1 heterocycles. The summed E-state index contributed by atoms with van der Waals surface area (Å²) in [6, 6.07) is 8.83. The molecule has 0 unspecified atom stereocenters. The van der Waals surface area contributed by atoms with Crippen LogP contribution in [0.3, 0.4) is 0 Å². The molecule has 0 aliphatic carbocycles. The van der Waals surface area contributed by atoms with Gasteiger partial charge in [0.1, 0.15) is 12.4 Å². The van der Waals surface area contributed by atoms with Crippen LogP contribution in [0.2, 0.25) is 0 Å². The van der Waals surface area contributed by atoms with Gasteiger partial charge in [-0.2, -0.15) is 0 Å². The van der Waals surface area contributed by atoms with Crippen LogP contribution in [0, 0.1) is 5.41 Å². The van der Waals surface area contributed by atoms with E-state index in [0.717, 1.165) is 25.4 Å². The summed E-state index contributed by atoms with van der Waals surface area (Å²) < 4.78 is 6.02. The molecule has 3 nitrogen and oxygen atoms in total. The molecule has 0 radical (unpaired) electrons. The highest BCUT2D eigenvalue weighted by atomic mass is 16.5. The van der Waals surface area contributed by atoms with Crippen LogP contribution in [0.1, 0.15) is 39.7 Å². The Bertz CT molecular complexity index is 443. The summed E-state index contributed by atoms with van der Waals surface area (Å²) in [6.45, 7) is 14.1. The highest BCUT2D eigenvalue weighted by Crippen LogP contribution is 2.28. The van der Waals surface area contributed by atoms with Crippen molar-refractivity contribution in [2.24, 2.45) is 5.41 Å². The minimum atomic E-state index is 0.471. The van der Waals surface area contributed by atoms with E-state index in [-0.39, 0.29) is 0 Å². The van der Waals surface area contributed by atoms with Crippen LogP contribution in [0.15, 0.2) is 24.3 Å². The normalized spacial score (nSPS) is 18.3. The maximum absolute atomic E-state index is 6.02. The monoisotopic (exact) mass is 290 g/mol. The lowest BCUT2D eigenvalue weighted by atomic mass is 9.93. The number of hydrogen-bond acceptors (Lipinski definition) is 3. The minimum Gasteiger partial charge on any atom is -0.492 e. The summed E-state index contributed by atoms with van der Waals surface area (Å²) in [6.07, 6.45) is 1.29. The molecule has 0 saturated carbocycles. The van der Waals surface area contributed by atoms with E-state index in [9.17, 15) is 0 Å². The fraction of sp³-hybridized carbons (Fsp3) is 0.667. The molecule has 1 saturated heterocycles. The molecule has 1 aromatic rings. The van der Waals surface area contributed by atoms with Crippen LogP contribution in [0.4, 0.5) is 0 Å². The Kier molecular flexibility index (Phi) is 5.65. The van der Waals surface area contributed by atoms with Gasteiger partial charge in [-0.15, -0.1) is 0 Å². The summed E-state index contributed by atoms with van der Waals surface area (Å²) >= 11 is 0. The zero-order valence-corrected chi connectivity index (χ0v) is 14.0. The van der Waals surface area contributed by atoms with Gasteiger partial charge in [0.2, 0.25) is 0 Å². The van der Waals surface area contributed by atoms with E-state index in [1.807, 2.05) is 6.07 Å². The lowest BCUT2D eigenvalue weighted by molar-refractivity contribution is 0.221. The summed E-state index contributed by atoms with van der Waals surface area (Å²) in [5.74, 6) is 1.02. The number of likely N-dealkylation sites (tertiary alicyclic amines) is 1. The Hall–Kier alpha value is -1.06. The van der Waals surface area contributed by atoms with Gasteiger partial charge in [-0.1, -0.05) is 45.9 Å². The van der Waals surface area contributed by atoms with E-state index < -0.39 is 0 Å². The Balaban J connectivity index is 1.80. The summed E-state index contributed by atoms with van der Waals surface area (Å²) in [7, 11) is 0. The number of hydrogen-bond donors (Lipinski definition) is 1. The van der Waals surface area contributed by atoms with Crippen molar-refractivity contribution >= 4 is 0 Å². The smallest absolute Gasteiger partial charge is 0.123 e. The molecule has 0 atom stereocenters. The first-order valence-corrected chi connectivity index (χ1v) is 8.13. The third-order valence-electron chi connectivity index (χ3n) is 4.09. The molecule has 0 aromatic heterocycles. The van der Waals surface area contributed by atoms with Crippen LogP contribution < -0.4 is 10.1 Å². The predicted molar refractivity (Wildman–Crippen MR) is 88.8 cm³/mol. The van der Waals surface area contributed by atoms with Crippen molar-refractivity contribution in [1.82, 2.24) is 10.2 Å². The van der Waals surface area contributed by atoms with E-state index in [1.165, 1.54) is 25.1 Å². The summed E-state index contributed by atoms with van der Waals surface area (Å²) in [4.78, 5) is 2.51. The molecule has 3 heteroatoms. The number of ether oxygens (including phenoxy) is 1. The Morgan fingerprint density at radius 2 is 2.05 bits per heavy atom. The second-order valence-electron chi connectivity index (χ2n) is 7.18. The first-order valence-electron chi connectivity index (χ1n) is 8.13. The molecule has 21 heavy (non-hydrogen) atoms. The van der Waals surface area contributed by atoms with Crippen molar-refractivity contribution in [2.45, 2.75) is 46.7 Å². The number of benzene rings is 1. The second kappa shape index (κ2) is 7.28. The number of nitrogens with zero attached hydrogens (tertiary/aromatic N) is 1. The van der Waals surface area contributed by atoms with Crippen molar-refractivity contribution in [3.8, 4) is 5.75 Å². The van der Waals surface area contributed by atoms with Gasteiger partial charge in [-0.3, -0.25) is 4.90 Å². The molecule has 2 rings (SSSR count). The van der Waals surface area contributed by atoms with E-state index in [2.05, 4.69) is 56.1 Å². The highest BCUT2D eigenvalue weighted by molar-refractivity contribution is 5.33. The fourth-order valence-corrected chi connectivity index (χ4v) is 2.80. The molecule has 0 spiro atoms. The van der Waals surface area contributed by atoms with Crippen LogP contribution in [0.25, 0.3) is 0 Å². The van der Waals surface area contributed by atoms with Gasteiger partial charge < -0.3 is 10.1 Å². The molecule has 1 aromatic carbocycles. The van der Waals surface area contributed by atoms with Gasteiger partial charge in [-0.05, 0) is 24.4 Å². The molecule has 0 amide bonds. The van der Waals surface area contributed by atoms with Gasteiger partial charge in [0.15, 0.2) is 0 Å². The fourth-order valence-electron chi connectivity index (χ4n) is 2.80.